The third-order valence-electron chi connectivity index (χ3n) is 5.82. The van der Waals surface area contributed by atoms with Crippen molar-refractivity contribution in [2.24, 2.45) is 0 Å². The highest BCUT2D eigenvalue weighted by atomic mass is 79.9. The summed E-state index contributed by atoms with van der Waals surface area (Å²) in [4.78, 5) is 42.1. The molecule has 4 N–H and O–H groups in total. The van der Waals surface area contributed by atoms with Gasteiger partial charge in [-0.15, -0.1) is 0 Å². The highest BCUT2D eigenvalue weighted by Crippen LogP contribution is 2.35. The van der Waals surface area contributed by atoms with Crippen molar-refractivity contribution in [3.05, 3.63) is 50.8 Å². The predicted molar refractivity (Wildman–Crippen MR) is 127 cm³/mol. The molecule has 0 bridgehead atoms. The van der Waals surface area contributed by atoms with Crippen LogP contribution in [0.1, 0.15) is 45.7 Å². The van der Waals surface area contributed by atoms with Crippen molar-refractivity contribution in [1.29, 1.82) is 0 Å². The minimum Gasteiger partial charge on any atom is -0.358 e. The zero-order valence-corrected chi connectivity index (χ0v) is 19.7. The Hall–Kier alpha value is -3.07. The molecule has 0 aliphatic carbocycles. The normalized spacial score (nSPS) is 16.7. The van der Waals surface area contributed by atoms with Crippen molar-refractivity contribution < 1.29 is 14.4 Å². The maximum Gasteiger partial charge on any atom is 0.317 e. The average Bonchev–Trinajstić information content (AvgIpc) is 3.21. The van der Waals surface area contributed by atoms with E-state index < -0.39 is 0 Å². The fourth-order valence-electron chi connectivity index (χ4n) is 4.16. The van der Waals surface area contributed by atoms with Gasteiger partial charge in [-0.1, -0.05) is 15.9 Å². The Morgan fingerprint density at radius 3 is 2.88 bits per heavy atom. The number of H-pyrrole nitrogens is 1. The first-order chi connectivity index (χ1) is 15.3. The van der Waals surface area contributed by atoms with Crippen LogP contribution in [0.5, 0.6) is 0 Å². The molecular formula is C23H26BrN5O3. The van der Waals surface area contributed by atoms with Crippen molar-refractivity contribution in [2.75, 3.05) is 31.5 Å². The van der Waals surface area contributed by atoms with Crippen molar-refractivity contribution in [3.63, 3.8) is 0 Å². The second-order valence-corrected chi connectivity index (χ2v) is 8.96. The number of nitrogens with zero attached hydrogens (tertiary/aromatic N) is 1. The number of halogens is 1. The monoisotopic (exact) mass is 499 g/mol. The summed E-state index contributed by atoms with van der Waals surface area (Å²) in [6.45, 7) is 6.28. The number of fused-ring (bicyclic) bond motifs is 1. The first-order valence-electron chi connectivity index (χ1n) is 10.7. The number of aromatic nitrogens is 1. The molecule has 8 nitrogen and oxygen atoms in total. The Bertz CT molecular complexity index is 1120. The van der Waals surface area contributed by atoms with E-state index in [-0.39, 0.29) is 17.8 Å². The summed E-state index contributed by atoms with van der Waals surface area (Å²) < 4.78 is 0.889. The van der Waals surface area contributed by atoms with Crippen LogP contribution in [0.25, 0.3) is 11.6 Å². The topological polar surface area (TPSA) is 106 Å². The van der Waals surface area contributed by atoms with Gasteiger partial charge in [0.1, 0.15) is 0 Å². The van der Waals surface area contributed by atoms with E-state index in [1.165, 1.54) is 0 Å². The van der Waals surface area contributed by atoms with Gasteiger partial charge < -0.3 is 25.8 Å². The summed E-state index contributed by atoms with van der Waals surface area (Å²) in [5, 5.41) is 8.65. The molecule has 1 aromatic heterocycles. The quantitative estimate of drug-likeness (QED) is 0.361. The van der Waals surface area contributed by atoms with Crippen LogP contribution >= 0.6 is 15.9 Å². The van der Waals surface area contributed by atoms with E-state index in [9.17, 15) is 14.4 Å². The molecule has 4 amide bonds. The summed E-state index contributed by atoms with van der Waals surface area (Å²) in [5.74, 6) is -0.333. The molecular weight excluding hydrogens is 474 g/mol. The lowest BCUT2D eigenvalue weighted by atomic mass is 10.0. The summed E-state index contributed by atoms with van der Waals surface area (Å²) in [5.41, 5.74) is 5.00. The standard InChI is InChI=1S/C23H26BrN5O3/c1-13-19(12-17-16-11-15(24)5-6-18(16)28-21(17)30)27-14(2)20(13)22(31)25-7-3-9-29-10-4-8-26-23(29)32/h5-6,11-12,27H,3-4,7-10H2,1-2H3,(H,25,31)(H,26,32)(H,28,30). The third-order valence-corrected chi connectivity index (χ3v) is 6.31. The molecule has 0 unspecified atom stereocenters. The Labute approximate surface area is 195 Å². The zero-order chi connectivity index (χ0) is 22.8. The van der Waals surface area contributed by atoms with Crippen LogP contribution in [0.4, 0.5) is 10.5 Å². The molecule has 1 saturated heterocycles. The van der Waals surface area contributed by atoms with Gasteiger partial charge in [0, 0.05) is 53.3 Å². The highest BCUT2D eigenvalue weighted by molar-refractivity contribution is 9.10. The van der Waals surface area contributed by atoms with Gasteiger partial charge in [-0.05, 0) is 56.5 Å². The van der Waals surface area contributed by atoms with Crippen LogP contribution in [0, 0.1) is 13.8 Å². The van der Waals surface area contributed by atoms with Crippen LogP contribution in [0.15, 0.2) is 22.7 Å². The molecule has 0 atom stereocenters. The number of benzene rings is 1. The minimum atomic E-state index is -0.169. The van der Waals surface area contributed by atoms with E-state index in [1.54, 1.807) is 11.0 Å². The van der Waals surface area contributed by atoms with E-state index in [2.05, 4.69) is 36.9 Å². The Morgan fingerprint density at radius 1 is 1.28 bits per heavy atom. The molecule has 3 heterocycles. The smallest absolute Gasteiger partial charge is 0.317 e. The van der Waals surface area contributed by atoms with Gasteiger partial charge in [0.2, 0.25) is 0 Å². The largest absolute Gasteiger partial charge is 0.358 e. The number of urea groups is 1. The molecule has 0 radical (unpaired) electrons. The summed E-state index contributed by atoms with van der Waals surface area (Å²) in [6.07, 6.45) is 3.42. The maximum atomic E-state index is 12.8. The number of rotatable bonds is 6. The summed E-state index contributed by atoms with van der Waals surface area (Å²) in [7, 11) is 0. The van der Waals surface area contributed by atoms with E-state index in [4.69, 9.17) is 0 Å². The number of nitrogens with one attached hydrogen (secondary N) is 4. The first-order valence-corrected chi connectivity index (χ1v) is 11.5. The predicted octanol–water partition coefficient (Wildman–Crippen LogP) is 3.42. The molecule has 1 fully saturated rings. The number of carbonyl (C=O) groups excluding carboxylic acids is 3. The van der Waals surface area contributed by atoms with Gasteiger partial charge >= 0.3 is 6.03 Å². The highest BCUT2D eigenvalue weighted by Gasteiger charge is 2.26. The van der Waals surface area contributed by atoms with Crippen molar-refractivity contribution in [1.82, 2.24) is 20.5 Å². The van der Waals surface area contributed by atoms with Crippen LogP contribution in [0.2, 0.25) is 0 Å². The molecule has 2 aliphatic rings. The van der Waals surface area contributed by atoms with E-state index in [0.717, 1.165) is 52.2 Å². The zero-order valence-electron chi connectivity index (χ0n) is 18.1. The SMILES string of the molecule is Cc1[nH]c(C=C2C(=O)Nc3ccc(Br)cc32)c(C)c1C(=O)NCCCN1CCCNC1=O. The van der Waals surface area contributed by atoms with E-state index in [1.807, 2.05) is 32.0 Å². The maximum absolute atomic E-state index is 12.8. The molecule has 32 heavy (non-hydrogen) atoms. The third kappa shape index (κ3) is 4.43. The number of amides is 4. The lowest BCUT2D eigenvalue weighted by molar-refractivity contribution is -0.110. The fourth-order valence-corrected chi connectivity index (χ4v) is 4.52. The number of hydrogen-bond donors (Lipinski definition) is 4. The molecule has 2 aliphatic heterocycles. The van der Waals surface area contributed by atoms with Gasteiger partial charge in [-0.2, -0.15) is 0 Å². The Balaban J connectivity index is 1.45. The molecule has 9 heteroatoms. The molecule has 0 saturated carbocycles. The van der Waals surface area contributed by atoms with Crippen molar-refractivity contribution in [3.8, 4) is 0 Å². The van der Waals surface area contributed by atoms with Gasteiger partial charge in [0.25, 0.3) is 11.8 Å². The van der Waals surface area contributed by atoms with Crippen LogP contribution < -0.4 is 16.0 Å². The number of aryl methyl sites for hydroxylation is 1. The number of aromatic amines is 1. The van der Waals surface area contributed by atoms with Crippen molar-refractivity contribution in [2.45, 2.75) is 26.7 Å². The molecule has 2 aromatic rings. The summed E-state index contributed by atoms with van der Waals surface area (Å²) in [6, 6.07) is 5.60. The fraction of sp³-hybridized carbons (Fsp3) is 0.348. The van der Waals surface area contributed by atoms with E-state index in [0.29, 0.717) is 30.6 Å². The Morgan fingerprint density at radius 2 is 2.09 bits per heavy atom. The minimum absolute atomic E-state index is 0.0397. The lowest BCUT2D eigenvalue weighted by Crippen LogP contribution is -2.47. The molecule has 0 spiro atoms. The first kappa shape index (κ1) is 22.1. The second-order valence-electron chi connectivity index (χ2n) is 8.05. The molecule has 1 aromatic carbocycles. The Kier molecular flexibility index (Phi) is 6.36. The number of carbonyl (C=O) groups is 3. The molecule has 168 valence electrons. The number of hydrogen-bond acceptors (Lipinski definition) is 3. The van der Waals surface area contributed by atoms with E-state index >= 15 is 0 Å². The van der Waals surface area contributed by atoms with Crippen LogP contribution in [-0.2, 0) is 4.79 Å². The lowest BCUT2D eigenvalue weighted by Gasteiger charge is -2.27. The molecule has 4 rings (SSSR count). The number of anilines is 1. The average molecular weight is 500 g/mol. The van der Waals surface area contributed by atoms with Crippen LogP contribution in [-0.4, -0.2) is 53.9 Å². The van der Waals surface area contributed by atoms with Gasteiger partial charge in [-0.25, -0.2) is 4.79 Å². The van der Waals surface area contributed by atoms with Gasteiger partial charge in [0.15, 0.2) is 0 Å². The van der Waals surface area contributed by atoms with Gasteiger partial charge in [-0.3, -0.25) is 9.59 Å². The summed E-state index contributed by atoms with van der Waals surface area (Å²) >= 11 is 3.45. The second kappa shape index (κ2) is 9.20. The van der Waals surface area contributed by atoms with Gasteiger partial charge in [0.05, 0.1) is 11.1 Å². The van der Waals surface area contributed by atoms with Crippen molar-refractivity contribution >= 4 is 51.1 Å². The van der Waals surface area contributed by atoms with Crippen LogP contribution in [0.3, 0.4) is 0 Å².